The second-order valence-electron chi connectivity index (χ2n) is 2.47. The van der Waals surface area contributed by atoms with E-state index in [9.17, 15) is 13.6 Å². The minimum absolute atomic E-state index is 0.0151. The van der Waals surface area contributed by atoms with Gasteiger partial charge in [-0.25, -0.2) is 8.78 Å². The van der Waals surface area contributed by atoms with Crippen LogP contribution >= 0.6 is 27.5 Å². The average molecular weight is 284 g/mol. The van der Waals surface area contributed by atoms with Gasteiger partial charge in [0.15, 0.2) is 0 Å². The number of halogens is 4. The molecule has 6 heteroatoms. The van der Waals surface area contributed by atoms with Crippen molar-refractivity contribution in [3.8, 4) is 0 Å². The van der Waals surface area contributed by atoms with Crippen LogP contribution in [-0.2, 0) is 5.33 Å². The summed E-state index contributed by atoms with van der Waals surface area (Å²) < 4.78 is 24.5. The van der Waals surface area contributed by atoms with Crippen molar-refractivity contribution in [1.82, 2.24) is 4.98 Å². The van der Waals surface area contributed by atoms with Crippen LogP contribution in [0.3, 0.4) is 0 Å². The van der Waals surface area contributed by atoms with Gasteiger partial charge in [-0.3, -0.25) is 9.78 Å². The third kappa shape index (κ3) is 2.48. The number of nitrogens with zero attached hydrogens (tertiary/aromatic N) is 1. The minimum Gasteiger partial charge on any atom is -0.276 e. The Morgan fingerprint density at radius 3 is 2.71 bits per heavy atom. The van der Waals surface area contributed by atoms with Crippen molar-refractivity contribution < 1.29 is 13.6 Å². The van der Waals surface area contributed by atoms with Crippen LogP contribution in [0, 0.1) is 0 Å². The van der Waals surface area contributed by atoms with Crippen LogP contribution in [0.2, 0.25) is 0 Å². The van der Waals surface area contributed by atoms with E-state index in [1.165, 1.54) is 0 Å². The first kappa shape index (κ1) is 11.5. The number of hydrogen-bond donors (Lipinski definition) is 0. The fourth-order valence-corrected chi connectivity index (χ4v) is 1.52. The molecule has 0 amide bonds. The van der Waals surface area contributed by atoms with E-state index < -0.39 is 11.7 Å². The third-order valence-electron chi connectivity index (χ3n) is 1.58. The molecule has 0 fully saturated rings. The molecule has 1 aromatic heterocycles. The molecule has 0 saturated carbocycles. The fourth-order valence-electron chi connectivity index (χ4n) is 0.905. The van der Waals surface area contributed by atoms with Gasteiger partial charge in [0.2, 0.25) is 0 Å². The maximum absolute atomic E-state index is 12.2. The Labute approximate surface area is 92.4 Å². The summed E-state index contributed by atoms with van der Waals surface area (Å²) in [6.45, 7) is 0. The summed E-state index contributed by atoms with van der Waals surface area (Å²) in [7, 11) is 0. The van der Waals surface area contributed by atoms with Crippen LogP contribution in [-0.4, -0.2) is 10.2 Å². The largest absolute Gasteiger partial charge is 0.276 e. The van der Waals surface area contributed by atoms with E-state index >= 15 is 0 Å². The van der Waals surface area contributed by atoms with Gasteiger partial charge in [-0.1, -0.05) is 15.9 Å². The molecular weight excluding hydrogens is 279 g/mol. The lowest BCUT2D eigenvalue weighted by atomic mass is 10.1. The van der Waals surface area contributed by atoms with Gasteiger partial charge >= 0.3 is 0 Å². The summed E-state index contributed by atoms with van der Waals surface area (Å²) >= 11 is 8.30. The first-order valence-electron chi connectivity index (χ1n) is 3.59. The molecule has 1 heterocycles. The lowest BCUT2D eigenvalue weighted by Crippen LogP contribution is -2.01. The molecule has 0 radical (unpaired) electrons. The lowest BCUT2D eigenvalue weighted by molar-refractivity contribution is 0.107. The van der Waals surface area contributed by atoms with E-state index in [4.69, 9.17) is 11.6 Å². The van der Waals surface area contributed by atoms with E-state index in [1.807, 2.05) is 0 Å². The maximum Gasteiger partial charge on any atom is 0.265 e. The molecular formula is C8H5BrClF2NO. The predicted molar refractivity (Wildman–Crippen MR) is 52.0 cm³/mol. The molecule has 14 heavy (non-hydrogen) atoms. The van der Waals surface area contributed by atoms with Crippen LogP contribution < -0.4 is 0 Å². The van der Waals surface area contributed by atoms with Crippen molar-refractivity contribution in [3.05, 3.63) is 29.1 Å². The molecule has 0 aromatic carbocycles. The van der Waals surface area contributed by atoms with E-state index in [0.717, 1.165) is 12.3 Å². The molecule has 0 aliphatic rings. The summed E-state index contributed by atoms with van der Waals surface area (Å²) in [6.07, 6.45) is -1.62. The van der Waals surface area contributed by atoms with Gasteiger partial charge in [0.1, 0.15) is 0 Å². The van der Waals surface area contributed by atoms with Gasteiger partial charge in [-0.05, 0) is 17.7 Å². The summed E-state index contributed by atoms with van der Waals surface area (Å²) in [5.41, 5.74) is 0.0643. The second-order valence-corrected chi connectivity index (χ2v) is 3.37. The molecule has 0 saturated heterocycles. The highest BCUT2D eigenvalue weighted by molar-refractivity contribution is 9.08. The minimum atomic E-state index is -2.65. The van der Waals surface area contributed by atoms with Crippen molar-refractivity contribution in [2.45, 2.75) is 11.8 Å². The van der Waals surface area contributed by atoms with Crippen molar-refractivity contribution in [3.63, 3.8) is 0 Å². The first-order valence-corrected chi connectivity index (χ1v) is 5.09. The van der Waals surface area contributed by atoms with Gasteiger partial charge in [-0.2, -0.15) is 0 Å². The normalized spacial score (nSPS) is 10.6. The summed E-state index contributed by atoms with van der Waals surface area (Å²) in [4.78, 5) is 14.6. The lowest BCUT2D eigenvalue weighted by Gasteiger charge is -2.04. The quantitative estimate of drug-likeness (QED) is 0.630. The zero-order chi connectivity index (χ0) is 10.7. The average Bonchev–Trinajstić information content (AvgIpc) is 2.16. The third-order valence-corrected chi connectivity index (χ3v) is 2.32. The zero-order valence-corrected chi connectivity index (χ0v) is 9.15. The Kier molecular flexibility index (Phi) is 3.95. The summed E-state index contributed by atoms with van der Waals surface area (Å²) in [6, 6.07) is 1.06. The Morgan fingerprint density at radius 2 is 2.29 bits per heavy atom. The zero-order valence-electron chi connectivity index (χ0n) is 6.81. The monoisotopic (exact) mass is 283 g/mol. The molecule has 76 valence electrons. The molecule has 0 spiro atoms. The van der Waals surface area contributed by atoms with Crippen LogP contribution in [0.15, 0.2) is 12.3 Å². The van der Waals surface area contributed by atoms with E-state index in [1.54, 1.807) is 0 Å². The highest BCUT2D eigenvalue weighted by Gasteiger charge is 2.14. The van der Waals surface area contributed by atoms with E-state index in [2.05, 4.69) is 20.9 Å². The standard InChI is InChI=1S/C8H5BrClF2NO/c9-2-6-5(7(10)14)1-4(3-13-6)8(11)12/h1,3,8H,2H2. The number of rotatable bonds is 3. The number of pyridine rings is 1. The number of hydrogen-bond acceptors (Lipinski definition) is 2. The SMILES string of the molecule is O=C(Cl)c1cc(C(F)F)cnc1CBr. The van der Waals surface area contributed by atoms with Gasteiger partial charge in [0, 0.05) is 17.1 Å². The molecule has 0 atom stereocenters. The Balaban J connectivity index is 3.21. The summed E-state index contributed by atoms with van der Waals surface area (Å²) in [5, 5.41) is -0.487. The van der Waals surface area contributed by atoms with E-state index in [0.29, 0.717) is 11.0 Å². The van der Waals surface area contributed by atoms with Crippen LogP contribution in [0.25, 0.3) is 0 Å². The molecule has 0 N–H and O–H groups in total. The van der Waals surface area contributed by atoms with Crippen LogP contribution in [0.1, 0.15) is 28.0 Å². The highest BCUT2D eigenvalue weighted by Crippen LogP contribution is 2.22. The molecule has 0 aliphatic heterocycles. The maximum atomic E-state index is 12.2. The van der Waals surface area contributed by atoms with Crippen LogP contribution in [0.4, 0.5) is 8.78 Å². The van der Waals surface area contributed by atoms with Gasteiger partial charge in [-0.15, -0.1) is 0 Å². The molecule has 2 nitrogen and oxygen atoms in total. The Morgan fingerprint density at radius 1 is 1.64 bits per heavy atom. The first-order chi connectivity index (χ1) is 6.56. The number of alkyl halides is 3. The number of carbonyl (C=O) groups excluding carboxylic acids is 1. The van der Waals surface area contributed by atoms with Gasteiger partial charge in [0.25, 0.3) is 11.7 Å². The Bertz CT molecular complexity index is 359. The molecule has 1 aromatic rings. The molecule has 0 bridgehead atoms. The van der Waals surface area contributed by atoms with Crippen LogP contribution in [0.5, 0.6) is 0 Å². The van der Waals surface area contributed by atoms with Crippen molar-refractivity contribution in [2.75, 3.05) is 0 Å². The number of aromatic nitrogens is 1. The number of carbonyl (C=O) groups is 1. The van der Waals surface area contributed by atoms with E-state index in [-0.39, 0.29) is 11.1 Å². The van der Waals surface area contributed by atoms with Crippen molar-refractivity contribution in [1.29, 1.82) is 0 Å². The van der Waals surface area contributed by atoms with Gasteiger partial charge < -0.3 is 0 Å². The fraction of sp³-hybridized carbons (Fsp3) is 0.250. The predicted octanol–water partition coefficient (Wildman–Crippen LogP) is 3.29. The smallest absolute Gasteiger partial charge is 0.265 e. The van der Waals surface area contributed by atoms with Gasteiger partial charge in [0.05, 0.1) is 11.3 Å². The van der Waals surface area contributed by atoms with Crippen molar-refractivity contribution in [2.24, 2.45) is 0 Å². The second kappa shape index (κ2) is 4.79. The summed E-state index contributed by atoms with van der Waals surface area (Å²) in [5.74, 6) is 0. The topological polar surface area (TPSA) is 30.0 Å². The molecule has 0 unspecified atom stereocenters. The molecule has 1 rings (SSSR count). The molecule has 0 aliphatic carbocycles. The van der Waals surface area contributed by atoms with Crippen molar-refractivity contribution >= 4 is 32.8 Å². The highest BCUT2D eigenvalue weighted by atomic mass is 79.9. The Hall–Kier alpha value is -0.550.